The van der Waals surface area contributed by atoms with Crippen LogP contribution in [0.1, 0.15) is 18.4 Å². The number of hydrogen-bond acceptors (Lipinski definition) is 4. The van der Waals surface area contributed by atoms with Crippen LogP contribution in [-0.4, -0.2) is 36.1 Å². The molecule has 1 fully saturated rings. The van der Waals surface area contributed by atoms with Gasteiger partial charge >= 0.3 is 0 Å². The Balaban J connectivity index is 1.94. The molecule has 1 aromatic rings. The second-order valence-electron chi connectivity index (χ2n) is 4.64. The van der Waals surface area contributed by atoms with E-state index < -0.39 is 0 Å². The van der Waals surface area contributed by atoms with Crippen molar-refractivity contribution in [2.45, 2.75) is 25.5 Å². The van der Waals surface area contributed by atoms with Crippen molar-refractivity contribution < 1.29 is 9.66 Å². The van der Waals surface area contributed by atoms with E-state index in [1.807, 2.05) is 6.07 Å². The number of hydrogen-bond donors (Lipinski definition) is 0. The lowest BCUT2D eigenvalue weighted by Gasteiger charge is -2.31. The molecule has 0 amide bonds. The third kappa shape index (κ3) is 3.27. The zero-order valence-corrected chi connectivity index (χ0v) is 10.5. The molecule has 0 aliphatic carbocycles. The maximum Gasteiger partial charge on any atom is 0.269 e. The van der Waals surface area contributed by atoms with E-state index in [1.165, 1.54) is 6.07 Å². The first-order valence-electron chi connectivity index (χ1n) is 6.17. The highest BCUT2D eigenvalue weighted by molar-refractivity contribution is 5.34. The van der Waals surface area contributed by atoms with Gasteiger partial charge < -0.3 is 4.74 Å². The average Bonchev–Trinajstić information content (AvgIpc) is 2.40. The molecule has 0 aromatic heterocycles. The second-order valence-corrected chi connectivity index (χ2v) is 4.64. The summed E-state index contributed by atoms with van der Waals surface area (Å²) in [5.74, 6) is 0. The molecule has 0 spiro atoms. The van der Waals surface area contributed by atoms with Gasteiger partial charge in [0.25, 0.3) is 5.69 Å². The number of benzene rings is 1. The molecule has 0 radical (unpaired) electrons. The van der Waals surface area contributed by atoms with Crippen molar-refractivity contribution >= 4 is 5.69 Å². The molecule has 0 unspecified atom stereocenters. The van der Waals surface area contributed by atoms with E-state index in [1.54, 1.807) is 19.2 Å². The number of non-ortho nitro benzene ring substituents is 1. The number of piperidine rings is 1. The Labute approximate surface area is 107 Å². The summed E-state index contributed by atoms with van der Waals surface area (Å²) in [6.07, 6.45) is 2.43. The van der Waals surface area contributed by atoms with Crippen LogP contribution in [-0.2, 0) is 11.3 Å². The number of nitro groups is 1. The minimum absolute atomic E-state index is 0.166. The average molecular weight is 250 g/mol. The van der Waals surface area contributed by atoms with Gasteiger partial charge in [0, 0.05) is 38.9 Å². The molecular formula is C13H18N2O3. The molecule has 1 saturated heterocycles. The van der Waals surface area contributed by atoms with Crippen molar-refractivity contribution in [3.8, 4) is 0 Å². The minimum Gasteiger partial charge on any atom is -0.381 e. The normalized spacial score (nSPS) is 17.8. The third-order valence-corrected chi connectivity index (χ3v) is 3.40. The maximum atomic E-state index is 10.7. The largest absolute Gasteiger partial charge is 0.381 e. The predicted molar refractivity (Wildman–Crippen MR) is 68.4 cm³/mol. The molecule has 0 bridgehead atoms. The Kier molecular flexibility index (Phi) is 4.28. The monoisotopic (exact) mass is 250 g/mol. The van der Waals surface area contributed by atoms with E-state index in [0.29, 0.717) is 6.10 Å². The van der Waals surface area contributed by atoms with Crippen LogP contribution in [0.4, 0.5) is 5.69 Å². The molecule has 1 aliphatic heterocycles. The van der Waals surface area contributed by atoms with Crippen molar-refractivity contribution in [3.05, 3.63) is 39.9 Å². The number of ether oxygens (including phenoxy) is 1. The van der Waals surface area contributed by atoms with Crippen LogP contribution < -0.4 is 0 Å². The van der Waals surface area contributed by atoms with E-state index in [-0.39, 0.29) is 10.6 Å². The van der Waals surface area contributed by atoms with E-state index in [2.05, 4.69) is 4.90 Å². The molecule has 2 rings (SSSR count). The summed E-state index contributed by atoms with van der Waals surface area (Å²) in [5.41, 5.74) is 1.17. The van der Waals surface area contributed by atoms with Crippen LogP contribution in [0.25, 0.3) is 0 Å². The SMILES string of the molecule is COC1CCN(Cc2cccc([N+](=O)[O-])c2)CC1. The molecule has 1 aliphatic rings. The van der Waals surface area contributed by atoms with Gasteiger partial charge in [-0.05, 0) is 18.4 Å². The molecular weight excluding hydrogens is 232 g/mol. The predicted octanol–water partition coefficient (Wildman–Crippen LogP) is 2.21. The van der Waals surface area contributed by atoms with Gasteiger partial charge in [0.05, 0.1) is 11.0 Å². The smallest absolute Gasteiger partial charge is 0.269 e. The number of methoxy groups -OCH3 is 1. The summed E-state index contributed by atoms with van der Waals surface area (Å²) < 4.78 is 5.32. The fourth-order valence-corrected chi connectivity index (χ4v) is 2.33. The molecule has 1 aromatic carbocycles. The van der Waals surface area contributed by atoms with Crippen molar-refractivity contribution in [1.82, 2.24) is 4.90 Å². The number of rotatable bonds is 4. The topological polar surface area (TPSA) is 55.6 Å². The maximum absolute atomic E-state index is 10.7. The molecule has 0 N–H and O–H groups in total. The number of nitro benzene ring substituents is 1. The Morgan fingerprint density at radius 2 is 2.17 bits per heavy atom. The van der Waals surface area contributed by atoms with Gasteiger partial charge in [-0.1, -0.05) is 12.1 Å². The summed E-state index contributed by atoms with van der Waals surface area (Å²) in [7, 11) is 1.75. The third-order valence-electron chi connectivity index (χ3n) is 3.40. The van der Waals surface area contributed by atoms with Crippen LogP contribution >= 0.6 is 0 Å². The van der Waals surface area contributed by atoms with Gasteiger partial charge in [0.2, 0.25) is 0 Å². The van der Waals surface area contributed by atoms with Crippen LogP contribution in [0, 0.1) is 10.1 Å². The second kappa shape index (κ2) is 5.93. The molecule has 5 heteroatoms. The van der Waals surface area contributed by atoms with Crippen LogP contribution in [0.3, 0.4) is 0 Å². The Hall–Kier alpha value is -1.46. The summed E-state index contributed by atoms with van der Waals surface area (Å²) in [4.78, 5) is 12.7. The molecule has 98 valence electrons. The Morgan fingerprint density at radius 3 is 2.78 bits per heavy atom. The molecule has 0 atom stereocenters. The van der Waals surface area contributed by atoms with Crippen molar-refractivity contribution in [2.75, 3.05) is 20.2 Å². The van der Waals surface area contributed by atoms with Crippen LogP contribution in [0.15, 0.2) is 24.3 Å². The highest BCUT2D eigenvalue weighted by Gasteiger charge is 2.19. The van der Waals surface area contributed by atoms with Gasteiger partial charge in [0.15, 0.2) is 0 Å². The molecule has 18 heavy (non-hydrogen) atoms. The van der Waals surface area contributed by atoms with Gasteiger partial charge in [-0.15, -0.1) is 0 Å². The van der Waals surface area contributed by atoms with Crippen molar-refractivity contribution in [2.24, 2.45) is 0 Å². The van der Waals surface area contributed by atoms with Crippen LogP contribution in [0.5, 0.6) is 0 Å². The summed E-state index contributed by atoms with van der Waals surface area (Å²) in [5, 5.41) is 10.7. The van der Waals surface area contributed by atoms with E-state index >= 15 is 0 Å². The van der Waals surface area contributed by atoms with Gasteiger partial charge in [0.1, 0.15) is 0 Å². The summed E-state index contributed by atoms with van der Waals surface area (Å²) in [6.45, 7) is 2.75. The first-order valence-corrected chi connectivity index (χ1v) is 6.17. The molecule has 5 nitrogen and oxygen atoms in total. The van der Waals surface area contributed by atoms with E-state index in [9.17, 15) is 10.1 Å². The first-order chi connectivity index (χ1) is 8.69. The van der Waals surface area contributed by atoms with Gasteiger partial charge in [-0.25, -0.2) is 0 Å². The summed E-state index contributed by atoms with van der Waals surface area (Å²) in [6, 6.07) is 6.87. The molecule has 0 saturated carbocycles. The summed E-state index contributed by atoms with van der Waals surface area (Å²) >= 11 is 0. The van der Waals surface area contributed by atoms with E-state index in [0.717, 1.165) is 38.0 Å². The lowest BCUT2D eigenvalue weighted by molar-refractivity contribution is -0.384. The van der Waals surface area contributed by atoms with Gasteiger partial charge in [-0.2, -0.15) is 0 Å². The Bertz CT molecular complexity index is 414. The number of nitrogens with zero attached hydrogens (tertiary/aromatic N) is 2. The fourth-order valence-electron chi connectivity index (χ4n) is 2.33. The van der Waals surface area contributed by atoms with Gasteiger partial charge in [-0.3, -0.25) is 15.0 Å². The lowest BCUT2D eigenvalue weighted by Crippen LogP contribution is -2.36. The lowest BCUT2D eigenvalue weighted by atomic mass is 10.1. The zero-order chi connectivity index (χ0) is 13.0. The van der Waals surface area contributed by atoms with Crippen LogP contribution in [0.2, 0.25) is 0 Å². The molecule has 1 heterocycles. The minimum atomic E-state index is -0.347. The zero-order valence-electron chi connectivity index (χ0n) is 10.5. The highest BCUT2D eigenvalue weighted by atomic mass is 16.6. The van der Waals surface area contributed by atoms with Crippen molar-refractivity contribution in [1.29, 1.82) is 0 Å². The Morgan fingerprint density at radius 1 is 1.44 bits per heavy atom. The first kappa shape index (κ1) is 13.0. The fraction of sp³-hybridized carbons (Fsp3) is 0.538. The number of likely N-dealkylation sites (tertiary alicyclic amines) is 1. The quantitative estimate of drug-likeness (QED) is 0.607. The van der Waals surface area contributed by atoms with Crippen molar-refractivity contribution in [3.63, 3.8) is 0 Å². The highest BCUT2D eigenvalue weighted by Crippen LogP contribution is 2.18. The van der Waals surface area contributed by atoms with E-state index in [4.69, 9.17) is 4.74 Å². The standard InChI is InChI=1S/C13H18N2O3/c1-18-13-5-7-14(8-6-13)10-11-3-2-4-12(9-11)15(16)17/h2-4,9,13H,5-8,10H2,1H3.